The SMILES string of the molecule is CC(C)(C)c1noc(CCC(=O)N2CC[C@](C)(C(=O)O)C2)n1. The van der Waals surface area contributed by atoms with E-state index in [2.05, 4.69) is 10.1 Å². The van der Waals surface area contributed by atoms with Crippen LogP contribution in [-0.4, -0.2) is 45.1 Å². The number of amides is 1. The van der Waals surface area contributed by atoms with Gasteiger partial charge in [-0.25, -0.2) is 0 Å². The molecule has 0 bridgehead atoms. The Balaban J connectivity index is 1.89. The van der Waals surface area contributed by atoms with Crippen molar-refractivity contribution in [2.75, 3.05) is 13.1 Å². The van der Waals surface area contributed by atoms with Gasteiger partial charge in [0.1, 0.15) is 0 Å². The van der Waals surface area contributed by atoms with Gasteiger partial charge < -0.3 is 14.5 Å². The van der Waals surface area contributed by atoms with E-state index in [-0.39, 0.29) is 24.3 Å². The Labute approximate surface area is 129 Å². The van der Waals surface area contributed by atoms with Crippen molar-refractivity contribution in [2.45, 2.75) is 52.4 Å². The molecule has 0 unspecified atom stereocenters. The first-order valence-electron chi connectivity index (χ1n) is 7.46. The third-order valence-corrected chi connectivity index (χ3v) is 4.03. The summed E-state index contributed by atoms with van der Waals surface area (Å²) in [6.07, 6.45) is 1.12. The van der Waals surface area contributed by atoms with Gasteiger partial charge in [0, 0.05) is 31.3 Å². The first-order valence-corrected chi connectivity index (χ1v) is 7.46. The molecule has 2 heterocycles. The fraction of sp³-hybridized carbons (Fsp3) is 0.733. The Morgan fingerprint density at radius 2 is 2.09 bits per heavy atom. The van der Waals surface area contributed by atoms with E-state index in [1.165, 1.54) is 0 Å². The van der Waals surface area contributed by atoms with Crippen LogP contribution in [0, 0.1) is 5.41 Å². The number of hydrogen-bond acceptors (Lipinski definition) is 5. The number of carboxylic acid groups (broad SMARTS) is 1. The van der Waals surface area contributed by atoms with Gasteiger partial charge >= 0.3 is 5.97 Å². The molecule has 1 aliphatic heterocycles. The molecular formula is C15H23N3O4. The van der Waals surface area contributed by atoms with Crippen LogP contribution < -0.4 is 0 Å². The zero-order valence-electron chi connectivity index (χ0n) is 13.5. The van der Waals surface area contributed by atoms with Gasteiger partial charge in [0.05, 0.1) is 5.41 Å². The van der Waals surface area contributed by atoms with E-state index in [1.54, 1.807) is 11.8 Å². The van der Waals surface area contributed by atoms with E-state index >= 15 is 0 Å². The van der Waals surface area contributed by atoms with E-state index in [9.17, 15) is 14.7 Å². The number of aliphatic carboxylic acids is 1. The minimum Gasteiger partial charge on any atom is -0.481 e. The Bertz CT molecular complexity index is 576. The molecule has 1 aromatic rings. The summed E-state index contributed by atoms with van der Waals surface area (Å²) >= 11 is 0. The molecule has 1 fully saturated rings. The van der Waals surface area contributed by atoms with Crippen LogP contribution in [-0.2, 0) is 21.4 Å². The van der Waals surface area contributed by atoms with E-state index in [0.717, 1.165) is 0 Å². The predicted molar refractivity (Wildman–Crippen MR) is 78.3 cm³/mol. The Morgan fingerprint density at radius 3 is 2.59 bits per heavy atom. The van der Waals surface area contributed by atoms with E-state index in [1.807, 2.05) is 20.8 Å². The maximum Gasteiger partial charge on any atom is 0.311 e. The Kier molecular flexibility index (Phi) is 4.26. The molecule has 22 heavy (non-hydrogen) atoms. The van der Waals surface area contributed by atoms with E-state index in [4.69, 9.17) is 4.52 Å². The number of carbonyl (C=O) groups is 2. The smallest absolute Gasteiger partial charge is 0.311 e. The molecular weight excluding hydrogens is 286 g/mol. The lowest BCUT2D eigenvalue weighted by Gasteiger charge is -2.19. The molecule has 0 aromatic carbocycles. The van der Waals surface area contributed by atoms with Crippen LogP contribution in [0.25, 0.3) is 0 Å². The first-order chi connectivity index (χ1) is 10.1. The number of likely N-dealkylation sites (tertiary alicyclic amines) is 1. The van der Waals surface area contributed by atoms with Crippen LogP contribution in [0.1, 0.15) is 52.3 Å². The summed E-state index contributed by atoms with van der Waals surface area (Å²) in [5.74, 6) is 0.142. The van der Waals surface area contributed by atoms with Crippen molar-refractivity contribution in [1.82, 2.24) is 15.0 Å². The second-order valence-corrected chi connectivity index (χ2v) is 7.19. The summed E-state index contributed by atoms with van der Waals surface area (Å²) in [7, 11) is 0. The molecule has 1 amide bonds. The van der Waals surface area contributed by atoms with Crippen LogP contribution >= 0.6 is 0 Å². The summed E-state index contributed by atoms with van der Waals surface area (Å²) in [6.45, 7) is 8.39. The topological polar surface area (TPSA) is 96.5 Å². The van der Waals surface area contributed by atoms with E-state index < -0.39 is 11.4 Å². The number of aromatic nitrogens is 2. The molecule has 0 aliphatic carbocycles. The minimum absolute atomic E-state index is 0.0690. The van der Waals surface area contributed by atoms with Gasteiger partial charge in [-0.1, -0.05) is 25.9 Å². The quantitative estimate of drug-likeness (QED) is 0.908. The van der Waals surface area contributed by atoms with Gasteiger partial charge in [-0.2, -0.15) is 4.98 Å². The summed E-state index contributed by atoms with van der Waals surface area (Å²) in [5, 5.41) is 13.1. The average Bonchev–Trinajstić information content (AvgIpc) is 3.03. The largest absolute Gasteiger partial charge is 0.481 e. The Morgan fingerprint density at radius 1 is 1.41 bits per heavy atom. The standard InChI is InChI=1S/C15H23N3O4/c1-14(2,3)12-16-10(22-17-12)5-6-11(19)18-8-7-15(4,9-18)13(20)21/h5-9H2,1-4H3,(H,20,21)/t15-/m0/s1. The molecule has 1 saturated heterocycles. The fourth-order valence-electron chi connectivity index (χ4n) is 2.38. The van der Waals surface area contributed by atoms with Gasteiger partial charge in [-0.05, 0) is 13.3 Å². The van der Waals surface area contributed by atoms with Crippen LogP contribution in [0.5, 0.6) is 0 Å². The monoisotopic (exact) mass is 309 g/mol. The summed E-state index contributed by atoms with van der Waals surface area (Å²) < 4.78 is 5.16. The first kappa shape index (κ1) is 16.5. The molecule has 1 N–H and O–H groups in total. The maximum atomic E-state index is 12.2. The molecule has 1 aromatic heterocycles. The highest BCUT2D eigenvalue weighted by atomic mass is 16.5. The zero-order valence-corrected chi connectivity index (χ0v) is 13.5. The summed E-state index contributed by atoms with van der Waals surface area (Å²) in [6, 6.07) is 0. The van der Waals surface area contributed by atoms with Gasteiger partial charge in [0.2, 0.25) is 11.8 Å². The van der Waals surface area contributed by atoms with Crippen molar-refractivity contribution in [3.05, 3.63) is 11.7 Å². The van der Waals surface area contributed by atoms with Crippen molar-refractivity contribution >= 4 is 11.9 Å². The van der Waals surface area contributed by atoms with Crippen molar-refractivity contribution < 1.29 is 19.2 Å². The van der Waals surface area contributed by atoms with Crippen molar-refractivity contribution in [1.29, 1.82) is 0 Å². The molecule has 7 nitrogen and oxygen atoms in total. The van der Waals surface area contributed by atoms with Crippen LogP contribution in [0.3, 0.4) is 0 Å². The second kappa shape index (κ2) is 5.70. The van der Waals surface area contributed by atoms with Crippen molar-refractivity contribution in [3.63, 3.8) is 0 Å². The highest BCUT2D eigenvalue weighted by Gasteiger charge is 2.41. The molecule has 2 rings (SSSR count). The number of hydrogen-bond donors (Lipinski definition) is 1. The highest BCUT2D eigenvalue weighted by molar-refractivity contribution is 5.80. The lowest BCUT2D eigenvalue weighted by atomic mass is 9.90. The molecule has 7 heteroatoms. The minimum atomic E-state index is -0.852. The number of nitrogens with zero attached hydrogens (tertiary/aromatic N) is 3. The van der Waals surface area contributed by atoms with Crippen molar-refractivity contribution in [2.24, 2.45) is 5.41 Å². The molecule has 0 saturated carbocycles. The molecule has 0 spiro atoms. The maximum absolute atomic E-state index is 12.2. The van der Waals surface area contributed by atoms with Crippen molar-refractivity contribution in [3.8, 4) is 0 Å². The van der Waals surface area contributed by atoms with Gasteiger partial charge in [-0.15, -0.1) is 0 Å². The lowest BCUT2D eigenvalue weighted by Crippen LogP contribution is -2.34. The normalized spacial score (nSPS) is 22.1. The number of carboxylic acids is 1. The average molecular weight is 309 g/mol. The molecule has 1 aliphatic rings. The molecule has 0 radical (unpaired) electrons. The van der Waals surface area contributed by atoms with Gasteiger partial charge in [0.25, 0.3) is 0 Å². The predicted octanol–water partition coefficient (Wildman–Crippen LogP) is 1.62. The number of rotatable bonds is 4. The van der Waals surface area contributed by atoms with Gasteiger partial charge in [-0.3, -0.25) is 9.59 Å². The van der Waals surface area contributed by atoms with Crippen LogP contribution in [0.15, 0.2) is 4.52 Å². The van der Waals surface area contributed by atoms with Crippen LogP contribution in [0.4, 0.5) is 0 Å². The molecule has 1 atom stereocenters. The zero-order chi connectivity index (χ0) is 16.5. The van der Waals surface area contributed by atoms with E-state index in [0.29, 0.717) is 31.1 Å². The highest BCUT2D eigenvalue weighted by Crippen LogP contribution is 2.30. The summed E-state index contributed by atoms with van der Waals surface area (Å²) in [4.78, 5) is 29.3. The third-order valence-electron chi connectivity index (χ3n) is 4.03. The fourth-order valence-corrected chi connectivity index (χ4v) is 2.38. The lowest BCUT2D eigenvalue weighted by molar-refractivity contribution is -0.147. The number of carbonyl (C=O) groups excluding carboxylic acids is 1. The summed E-state index contributed by atoms with van der Waals surface area (Å²) in [5.41, 5.74) is -1.02. The Hall–Kier alpha value is -1.92. The van der Waals surface area contributed by atoms with Gasteiger partial charge in [0.15, 0.2) is 5.82 Å². The second-order valence-electron chi connectivity index (χ2n) is 7.19. The third kappa shape index (κ3) is 3.45. The van der Waals surface area contributed by atoms with Crippen LogP contribution in [0.2, 0.25) is 0 Å². The number of aryl methyl sites for hydroxylation is 1. The molecule has 122 valence electrons.